The van der Waals surface area contributed by atoms with Crippen LogP contribution < -0.4 is 0 Å². The third-order valence-electron chi connectivity index (χ3n) is 2.19. The zero-order valence-electron chi connectivity index (χ0n) is 8.94. The molecule has 0 aromatic heterocycles. The SMILES string of the molecule is COC(=O)C(O)C(O)c1ccc([N+](=O)[O-])cc1. The predicted molar refractivity (Wildman–Crippen MR) is 56.1 cm³/mol. The van der Waals surface area contributed by atoms with Gasteiger partial charge in [0, 0.05) is 12.1 Å². The van der Waals surface area contributed by atoms with Crippen LogP contribution in [-0.2, 0) is 9.53 Å². The highest BCUT2D eigenvalue weighted by Gasteiger charge is 2.26. The number of nitrogens with zero attached hydrogens (tertiary/aromatic N) is 1. The van der Waals surface area contributed by atoms with E-state index >= 15 is 0 Å². The van der Waals surface area contributed by atoms with Crippen LogP contribution in [0.5, 0.6) is 0 Å². The third kappa shape index (κ3) is 2.99. The Morgan fingerprint density at radius 2 is 1.88 bits per heavy atom. The highest BCUT2D eigenvalue weighted by molar-refractivity contribution is 5.75. The molecule has 2 atom stereocenters. The number of ether oxygens (including phenoxy) is 1. The van der Waals surface area contributed by atoms with Crippen molar-refractivity contribution in [2.45, 2.75) is 12.2 Å². The zero-order valence-corrected chi connectivity index (χ0v) is 8.94. The number of carbonyl (C=O) groups is 1. The number of aliphatic hydroxyl groups is 2. The summed E-state index contributed by atoms with van der Waals surface area (Å²) in [6, 6.07) is 4.86. The van der Waals surface area contributed by atoms with E-state index in [-0.39, 0.29) is 11.3 Å². The van der Waals surface area contributed by atoms with E-state index in [1.54, 1.807) is 0 Å². The molecule has 0 bridgehead atoms. The average Bonchev–Trinajstić information content (AvgIpc) is 2.36. The van der Waals surface area contributed by atoms with Gasteiger partial charge in [-0.25, -0.2) is 4.79 Å². The van der Waals surface area contributed by atoms with Crippen LogP contribution in [0.2, 0.25) is 0 Å². The Kier molecular flexibility index (Phi) is 4.13. The molecule has 0 saturated heterocycles. The fourth-order valence-corrected chi connectivity index (χ4v) is 1.23. The van der Waals surface area contributed by atoms with Gasteiger partial charge in [-0.3, -0.25) is 10.1 Å². The molecule has 1 aromatic carbocycles. The number of hydrogen-bond acceptors (Lipinski definition) is 6. The summed E-state index contributed by atoms with van der Waals surface area (Å²) in [6.45, 7) is 0. The first-order valence-corrected chi connectivity index (χ1v) is 4.65. The fraction of sp³-hybridized carbons (Fsp3) is 0.300. The van der Waals surface area contributed by atoms with Crippen molar-refractivity contribution in [3.8, 4) is 0 Å². The van der Waals surface area contributed by atoms with Crippen LogP contribution in [0.15, 0.2) is 24.3 Å². The smallest absolute Gasteiger partial charge is 0.337 e. The summed E-state index contributed by atoms with van der Waals surface area (Å²) in [5.41, 5.74) is 0.0435. The summed E-state index contributed by atoms with van der Waals surface area (Å²) in [6.07, 6.45) is -3.20. The normalized spacial score (nSPS) is 13.8. The van der Waals surface area contributed by atoms with Crippen molar-refractivity contribution < 1.29 is 24.7 Å². The van der Waals surface area contributed by atoms with E-state index in [0.29, 0.717) is 0 Å². The molecule has 0 amide bonds. The van der Waals surface area contributed by atoms with Gasteiger partial charge in [-0.1, -0.05) is 0 Å². The highest BCUT2D eigenvalue weighted by Crippen LogP contribution is 2.20. The number of rotatable bonds is 4. The van der Waals surface area contributed by atoms with E-state index in [2.05, 4.69) is 4.74 Å². The lowest BCUT2D eigenvalue weighted by Crippen LogP contribution is -2.28. The molecule has 0 spiro atoms. The van der Waals surface area contributed by atoms with E-state index in [1.807, 2.05) is 0 Å². The monoisotopic (exact) mass is 241 g/mol. The Bertz CT molecular complexity index is 415. The minimum absolute atomic E-state index is 0.145. The number of methoxy groups -OCH3 is 1. The first kappa shape index (κ1) is 13.1. The number of aliphatic hydroxyl groups excluding tert-OH is 2. The molecule has 0 heterocycles. The lowest BCUT2D eigenvalue weighted by atomic mass is 10.0. The first-order valence-electron chi connectivity index (χ1n) is 4.65. The van der Waals surface area contributed by atoms with Gasteiger partial charge in [-0.05, 0) is 17.7 Å². The van der Waals surface area contributed by atoms with Crippen LogP contribution in [0.4, 0.5) is 5.69 Å². The number of nitro groups is 1. The molecule has 7 heteroatoms. The molecule has 0 aliphatic rings. The fourth-order valence-electron chi connectivity index (χ4n) is 1.23. The van der Waals surface area contributed by atoms with Gasteiger partial charge < -0.3 is 14.9 Å². The molecule has 2 unspecified atom stereocenters. The summed E-state index contributed by atoms with van der Waals surface area (Å²) in [5.74, 6) is -0.976. The van der Waals surface area contributed by atoms with Gasteiger partial charge in [-0.15, -0.1) is 0 Å². The Morgan fingerprint density at radius 3 is 2.29 bits per heavy atom. The molecule has 1 aromatic rings. The van der Waals surface area contributed by atoms with Crippen molar-refractivity contribution in [1.82, 2.24) is 0 Å². The molecular formula is C10H11NO6. The number of nitro benzene ring substituents is 1. The van der Waals surface area contributed by atoms with Gasteiger partial charge in [0.2, 0.25) is 0 Å². The van der Waals surface area contributed by atoms with Crippen molar-refractivity contribution in [3.05, 3.63) is 39.9 Å². The zero-order chi connectivity index (χ0) is 13.0. The summed E-state index contributed by atoms with van der Waals surface area (Å²) in [7, 11) is 1.08. The Labute approximate surface area is 96.4 Å². The van der Waals surface area contributed by atoms with Crippen LogP contribution in [0.1, 0.15) is 11.7 Å². The minimum Gasteiger partial charge on any atom is -0.467 e. The molecule has 2 N–H and O–H groups in total. The van der Waals surface area contributed by atoms with Crippen LogP contribution in [0.25, 0.3) is 0 Å². The summed E-state index contributed by atoms with van der Waals surface area (Å²) < 4.78 is 4.26. The van der Waals surface area contributed by atoms with E-state index in [1.165, 1.54) is 24.3 Å². The van der Waals surface area contributed by atoms with Crippen LogP contribution in [0, 0.1) is 10.1 Å². The minimum atomic E-state index is -1.72. The topological polar surface area (TPSA) is 110 Å². The largest absolute Gasteiger partial charge is 0.467 e. The number of hydrogen-bond donors (Lipinski definition) is 2. The number of non-ortho nitro benzene ring substituents is 1. The molecule has 7 nitrogen and oxygen atoms in total. The summed E-state index contributed by atoms with van der Waals surface area (Å²) in [5, 5.41) is 29.3. The number of benzene rings is 1. The Balaban J connectivity index is 2.86. The van der Waals surface area contributed by atoms with Crippen molar-refractivity contribution >= 4 is 11.7 Å². The van der Waals surface area contributed by atoms with E-state index in [9.17, 15) is 25.1 Å². The van der Waals surface area contributed by atoms with Crippen molar-refractivity contribution in [2.24, 2.45) is 0 Å². The Hall–Kier alpha value is -1.99. The maximum Gasteiger partial charge on any atom is 0.337 e. The molecule has 1 rings (SSSR count). The standard InChI is InChI=1S/C10H11NO6/c1-17-10(14)9(13)8(12)6-2-4-7(5-3-6)11(15)16/h2-5,8-9,12-13H,1H3. The first-order chi connectivity index (χ1) is 7.97. The molecule has 17 heavy (non-hydrogen) atoms. The van der Waals surface area contributed by atoms with Gasteiger partial charge in [0.25, 0.3) is 5.69 Å². The number of carbonyl (C=O) groups excluding carboxylic acids is 1. The van der Waals surface area contributed by atoms with Crippen LogP contribution >= 0.6 is 0 Å². The van der Waals surface area contributed by atoms with Gasteiger partial charge in [0.15, 0.2) is 6.10 Å². The van der Waals surface area contributed by atoms with Crippen LogP contribution in [-0.4, -0.2) is 34.3 Å². The molecule has 0 aliphatic carbocycles. The summed E-state index contributed by atoms with van der Waals surface area (Å²) in [4.78, 5) is 20.8. The van der Waals surface area contributed by atoms with Gasteiger partial charge in [0.05, 0.1) is 12.0 Å². The second-order valence-corrected chi connectivity index (χ2v) is 3.26. The van der Waals surface area contributed by atoms with Gasteiger partial charge in [-0.2, -0.15) is 0 Å². The Morgan fingerprint density at radius 1 is 1.35 bits per heavy atom. The van der Waals surface area contributed by atoms with E-state index in [4.69, 9.17) is 0 Å². The third-order valence-corrected chi connectivity index (χ3v) is 2.19. The predicted octanol–water partition coefficient (Wildman–Crippen LogP) is 0.162. The highest BCUT2D eigenvalue weighted by atomic mass is 16.6. The second-order valence-electron chi connectivity index (χ2n) is 3.26. The molecular weight excluding hydrogens is 230 g/mol. The van der Waals surface area contributed by atoms with Crippen molar-refractivity contribution in [2.75, 3.05) is 7.11 Å². The maximum absolute atomic E-state index is 11.0. The van der Waals surface area contributed by atoms with E-state index < -0.39 is 23.1 Å². The van der Waals surface area contributed by atoms with Gasteiger partial charge in [0.1, 0.15) is 6.10 Å². The molecule has 92 valence electrons. The molecule has 0 aliphatic heterocycles. The molecule has 0 saturated carbocycles. The molecule has 0 fully saturated rings. The lowest BCUT2D eigenvalue weighted by molar-refractivity contribution is -0.384. The molecule has 0 radical (unpaired) electrons. The summed E-state index contributed by atoms with van der Waals surface area (Å²) >= 11 is 0. The number of esters is 1. The van der Waals surface area contributed by atoms with Crippen LogP contribution in [0.3, 0.4) is 0 Å². The van der Waals surface area contributed by atoms with E-state index in [0.717, 1.165) is 7.11 Å². The quantitative estimate of drug-likeness (QED) is 0.441. The van der Waals surface area contributed by atoms with Crippen molar-refractivity contribution in [1.29, 1.82) is 0 Å². The lowest BCUT2D eigenvalue weighted by Gasteiger charge is -2.15. The average molecular weight is 241 g/mol. The second kappa shape index (κ2) is 5.37. The van der Waals surface area contributed by atoms with Crippen molar-refractivity contribution in [3.63, 3.8) is 0 Å². The van der Waals surface area contributed by atoms with Gasteiger partial charge >= 0.3 is 5.97 Å². The maximum atomic E-state index is 11.0.